The van der Waals surface area contributed by atoms with E-state index in [1.165, 1.54) is 6.07 Å². The Labute approximate surface area is 158 Å². The third-order valence-electron chi connectivity index (χ3n) is 5.20. The molecule has 2 aliphatic rings. The average Bonchev–Trinajstić information content (AvgIpc) is 3.42. The van der Waals surface area contributed by atoms with Crippen LogP contribution in [0.5, 0.6) is 0 Å². The number of benzene rings is 1. The van der Waals surface area contributed by atoms with Crippen LogP contribution in [0.15, 0.2) is 35.2 Å². The molecule has 26 heavy (non-hydrogen) atoms. The number of halogens is 3. The summed E-state index contributed by atoms with van der Waals surface area (Å²) >= 11 is 3.49. The highest BCUT2D eigenvalue weighted by Gasteiger charge is 2.32. The lowest BCUT2D eigenvalue weighted by Gasteiger charge is -2.31. The molecule has 134 valence electrons. The summed E-state index contributed by atoms with van der Waals surface area (Å²) in [7, 11) is 0. The van der Waals surface area contributed by atoms with Crippen LogP contribution in [0.3, 0.4) is 0 Å². The van der Waals surface area contributed by atoms with E-state index < -0.39 is 6.43 Å². The molecule has 0 atom stereocenters. The molecule has 3 heterocycles. The van der Waals surface area contributed by atoms with E-state index >= 15 is 0 Å². The number of alkyl halides is 2. The second-order valence-corrected chi connectivity index (χ2v) is 7.81. The van der Waals surface area contributed by atoms with Gasteiger partial charge in [-0.1, -0.05) is 15.9 Å². The van der Waals surface area contributed by atoms with E-state index in [-0.39, 0.29) is 5.56 Å². The van der Waals surface area contributed by atoms with Crippen LogP contribution in [-0.2, 0) is 6.42 Å². The molecule has 0 N–H and O–H groups in total. The van der Waals surface area contributed by atoms with Gasteiger partial charge in [0.05, 0.1) is 6.20 Å². The summed E-state index contributed by atoms with van der Waals surface area (Å²) in [6.45, 7) is 0.762. The Hall–Kier alpha value is -2.02. The number of rotatable bonds is 3. The molecule has 1 saturated carbocycles. The van der Waals surface area contributed by atoms with Crippen LogP contribution in [0.25, 0.3) is 5.52 Å². The van der Waals surface area contributed by atoms with E-state index in [2.05, 4.69) is 30.2 Å². The molecule has 1 fully saturated rings. The standard InChI is InChI=1S/C19H17BrF2N4/c20-14-8-12(17(21)22)9-15-13(14)2-1-6-25(15)19-16-10-23-5-7-26(16)18(24-19)11-3-4-11/h5,7-11,17H,1-4,6H2. The zero-order chi connectivity index (χ0) is 17.8. The molecular formula is C19H17BrF2N4. The average molecular weight is 419 g/mol. The molecule has 0 saturated heterocycles. The van der Waals surface area contributed by atoms with Crippen LogP contribution in [0.1, 0.15) is 48.6 Å². The van der Waals surface area contributed by atoms with Crippen molar-refractivity contribution in [2.24, 2.45) is 0 Å². The topological polar surface area (TPSA) is 33.4 Å². The smallest absolute Gasteiger partial charge is 0.263 e. The number of anilines is 2. The van der Waals surface area contributed by atoms with Gasteiger partial charge in [0.2, 0.25) is 0 Å². The van der Waals surface area contributed by atoms with Gasteiger partial charge in [0.25, 0.3) is 6.43 Å². The second kappa shape index (κ2) is 6.01. The molecule has 0 unspecified atom stereocenters. The van der Waals surface area contributed by atoms with Crippen molar-refractivity contribution in [1.29, 1.82) is 0 Å². The van der Waals surface area contributed by atoms with Gasteiger partial charge in [-0.05, 0) is 43.4 Å². The monoisotopic (exact) mass is 418 g/mol. The largest absolute Gasteiger partial charge is 0.324 e. The van der Waals surface area contributed by atoms with Crippen LogP contribution in [0.2, 0.25) is 0 Å². The molecule has 1 aromatic carbocycles. The lowest BCUT2D eigenvalue weighted by Crippen LogP contribution is -2.25. The van der Waals surface area contributed by atoms with Gasteiger partial charge in [0.15, 0.2) is 5.82 Å². The van der Waals surface area contributed by atoms with Crippen molar-refractivity contribution in [1.82, 2.24) is 14.4 Å². The summed E-state index contributed by atoms with van der Waals surface area (Å²) in [6, 6.07) is 3.15. The van der Waals surface area contributed by atoms with Crippen molar-refractivity contribution < 1.29 is 8.78 Å². The number of nitrogens with zero attached hydrogens (tertiary/aromatic N) is 4. The van der Waals surface area contributed by atoms with E-state index in [0.29, 0.717) is 5.92 Å². The Morgan fingerprint density at radius 1 is 1.23 bits per heavy atom. The third-order valence-corrected chi connectivity index (χ3v) is 5.91. The van der Waals surface area contributed by atoms with Gasteiger partial charge in [-0.2, -0.15) is 0 Å². The minimum absolute atomic E-state index is 0.0339. The summed E-state index contributed by atoms with van der Waals surface area (Å²) in [6.07, 6.45) is 7.15. The first-order chi connectivity index (χ1) is 12.6. The number of aromatic nitrogens is 3. The van der Waals surface area contributed by atoms with Crippen LogP contribution >= 0.6 is 15.9 Å². The maximum absolute atomic E-state index is 13.3. The van der Waals surface area contributed by atoms with Crippen molar-refractivity contribution in [3.05, 3.63) is 52.1 Å². The molecule has 5 rings (SSSR count). The molecule has 0 amide bonds. The normalized spacial score (nSPS) is 17.2. The number of fused-ring (bicyclic) bond motifs is 2. The second-order valence-electron chi connectivity index (χ2n) is 6.96. The third kappa shape index (κ3) is 2.52. The van der Waals surface area contributed by atoms with Gasteiger partial charge < -0.3 is 4.90 Å². The van der Waals surface area contributed by atoms with Gasteiger partial charge in [0, 0.05) is 40.6 Å². The fourth-order valence-corrected chi connectivity index (χ4v) is 4.45. The van der Waals surface area contributed by atoms with E-state index in [9.17, 15) is 8.78 Å². The highest BCUT2D eigenvalue weighted by atomic mass is 79.9. The molecule has 3 aromatic rings. The minimum atomic E-state index is -2.50. The van der Waals surface area contributed by atoms with Crippen molar-refractivity contribution in [3.8, 4) is 0 Å². The van der Waals surface area contributed by atoms with Crippen molar-refractivity contribution in [2.75, 3.05) is 11.4 Å². The molecule has 0 radical (unpaired) electrons. The molecule has 2 aromatic heterocycles. The molecular weight excluding hydrogens is 402 g/mol. The van der Waals surface area contributed by atoms with E-state index in [1.54, 1.807) is 12.3 Å². The fraction of sp³-hybridized carbons (Fsp3) is 0.368. The zero-order valence-electron chi connectivity index (χ0n) is 14.0. The summed E-state index contributed by atoms with van der Waals surface area (Å²) in [5, 5.41) is 0. The molecule has 4 nitrogen and oxygen atoms in total. The predicted octanol–water partition coefficient (Wildman–Crippen LogP) is 5.39. The molecule has 0 bridgehead atoms. The van der Waals surface area contributed by atoms with Crippen molar-refractivity contribution in [3.63, 3.8) is 0 Å². The van der Waals surface area contributed by atoms with Gasteiger partial charge in [0.1, 0.15) is 11.3 Å². The Morgan fingerprint density at radius 3 is 2.85 bits per heavy atom. The van der Waals surface area contributed by atoms with Gasteiger partial charge in [-0.3, -0.25) is 9.38 Å². The first kappa shape index (κ1) is 16.2. The molecule has 1 aliphatic carbocycles. The maximum atomic E-state index is 13.3. The number of hydrogen-bond donors (Lipinski definition) is 0. The number of imidazole rings is 1. The quantitative estimate of drug-likeness (QED) is 0.571. The van der Waals surface area contributed by atoms with Gasteiger partial charge in [-0.15, -0.1) is 0 Å². The van der Waals surface area contributed by atoms with Gasteiger partial charge >= 0.3 is 0 Å². The highest BCUT2D eigenvalue weighted by molar-refractivity contribution is 9.10. The zero-order valence-corrected chi connectivity index (χ0v) is 15.6. The van der Waals surface area contributed by atoms with Gasteiger partial charge in [-0.25, -0.2) is 13.8 Å². The lowest BCUT2D eigenvalue weighted by atomic mass is 9.99. The summed E-state index contributed by atoms with van der Waals surface area (Å²) in [5.41, 5.74) is 2.86. The van der Waals surface area contributed by atoms with Crippen LogP contribution in [-0.4, -0.2) is 20.9 Å². The van der Waals surface area contributed by atoms with Crippen molar-refractivity contribution in [2.45, 2.75) is 38.0 Å². The maximum Gasteiger partial charge on any atom is 0.263 e. The summed E-state index contributed by atoms with van der Waals surface area (Å²) < 4.78 is 29.5. The van der Waals surface area contributed by atoms with E-state index in [1.807, 2.05) is 12.4 Å². The predicted molar refractivity (Wildman–Crippen MR) is 99.4 cm³/mol. The van der Waals surface area contributed by atoms with E-state index in [4.69, 9.17) is 4.98 Å². The molecule has 0 spiro atoms. The van der Waals surface area contributed by atoms with Crippen LogP contribution in [0, 0.1) is 0 Å². The summed E-state index contributed by atoms with van der Waals surface area (Å²) in [5.74, 6) is 2.36. The minimum Gasteiger partial charge on any atom is -0.324 e. The highest BCUT2D eigenvalue weighted by Crippen LogP contribution is 2.44. The van der Waals surface area contributed by atoms with Crippen LogP contribution < -0.4 is 4.90 Å². The van der Waals surface area contributed by atoms with Crippen molar-refractivity contribution >= 4 is 33.0 Å². The lowest BCUT2D eigenvalue weighted by molar-refractivity contribution is 0.151. The Balaban J connectivity index is 1.70. The fourth-order valence-electron chi connectivity index (χ4n) is 3.79. The SMILES string of the molecule is FC(F)c1cc(Br)c2c(c1)N(c1nc(C3CC3)n3ccncc13)CCC2. The Bertz CT molecular complexity index is 997. The number of hydrogen-bond acceptors (Lipinski definition) is 3. The first-order valence-electron chi connectivity index (χ1n) is 8.83. The first-order valence-corrected chi connectivity index (χ1v) is 9.62. The molecule has 7 heteroatoms. The molecule has 1 aliphatic heterocycles. The summed E-state index contributed by atoms with van der Waals surface area (Å²) in [4.78, 5) is 11.3. The van der Waals surface area contributed by atoms with E-state index in [0.717, 1.165) is 65.1 Å². The van der Waals surface area contributed by atoms with Crippen LogP contribution in [0.4, 0.5) is 20.3 Å². The Kier molecular flexibility index (Phi) is 3.74. The Morgan fingerprint density at radius 2 is 2.08 bits per heavy atom.